The van der Waals surface area contributed by atoms with Gasteiger partial charge < -0.3 is 9.30 Å². The molecule has 0 aliphatic carbocycles. The van der Waals surface area contributed by atoms with Crippen LogP contribution in [0.1, 0.15) is 37.6 Å². The van der Waals surface area contributed by atoms with Crippen LogP contribution in [0.2, 0.25) is 0 Å². The number of aryl methyl sites for hydroxylation is 2. The van der Waals surface area contributed by atoms with Gasteiger partial charge in [0.1, 0.15) is 5.82 Å². The van der Waals surface area contributed by atoms with Crippen molar-refractivity contribution in [1.29, 1.82) is 0 Å². The Labute approximate surface area is 127 Å². The molecule has 2 rings (SSSR count). The van der Waals surface area contributed by atoms with E-state index in [1.165, 1.54) is 24.2 Å². The number of hydrogen-bond donors (Lipinski definition) is 0. The molecule has 0 bridgehead atoms. The number of pyridine rings is 1. The Morgan fingerprint density at radius 1 is 1.14 bits per heavy atom. The lowest BCUT2D eigenvalue weighted by molar-refractivity contribution is 0.123. The van der Waals surface area contributed by atoms with E-state index in [0.29, 0.717) is 0 Å². The fourth-order valence-corrected chi connectivity index (χ4v) is 2.30. The molecule has 0 N–H and O–H groups in total. The Bertz CT molecular complexity index is 496. The fourth-order valence-electron chi connectivity index (χ4n) is 2.30. The second-order valence-corrected chi connectivity index (χ2v) is 5.22. The predicted molar refractivity (Wildman–Crippen MR) is 84.2 cm³/mol. The summed E-state index contributed by atoms with van der Waals surface area (Å²) < 4.78 is 7.92. The van der Waals surface area contributed by atoms with E-state index >= 15 is 0 Å². The minimum absolute atomic E-state index is 0.753. The highest BCUT2D eigenvalue weighted by molar-refractivity contribution is 5.08. The fraction of sp³-hybridized carbons (Fsp3) is 0.529. The lowest BCUT2D eigenvalue weighted by Crippen LogP contribution is -2.09. The zero-order valence-electron chi connectivity index (χ0n) is 12.9. The number of ether oxygens (including phenoxy) is 1. The molecule has 0 aliphatic rings. The predicted octanol–water partition coefficient (Wildman–Crippen LogP) is 3.27. The zero-order valence-corrected chi connectivity index (χ0v) is 12.9. The average Bonchev–Trinajstić information content (AvgIpc) is 2.97. The second kappa shape index (κ2) is 9.29. The zero-order chi connectivity index (χ0) is 14.8. The van der Waals surface area contributed by atoms with Gasteiger partial charge in [0.25, 0.3) is 0 Å². The third kappa shape index (κ3) is 5.68. The van der Waals surface area contributed by atoms with Crippen LogP contribution in [-0.4, -0.2) is 27.7 Å². The highest BCUT2D eigenvalue weighted by Crippen LogP contribution is 2.04. The minimum atomic E-state index is 0.753. The molecule has 2 aromatic heterocycles. The van der Waals surface area contributed by atoms with E-state index in [4.69, 9.17) is 4.74 Å². The molecule has 0 amide bonds. The molecule has 0 aliphatic heterocycles. The van der Waals surface area contributed by atoms with Crippen LogP contribution in [-0.2, 0) is 24.1 Å². The first kappa shape index (κ1) is 15.7. The van der Waals surface area contributed by atoms with Crippen molar-refractivity contribution >= 4 is 0 Å². The summed E-state index contributed by atoms with van der Waals surface area (Å²) in [6.07, 6.45) is 13.2. The number of rotatable bonds is 10. The normalized spacial score (nSPS) is 10.9. The van der Waals surface area contributed by atoms with Crippen molar-refractivity contribution in [3.8, 4) is 0 Å². The standard InChI is InChI=1S/C17H25N3O/c1-2-3-8-17-19-10-11-20(17)12-14-21-13-5-7-16-6-4-9-18-15-16/h4,6,9-11,15H,2-3,5,7-8,12-14H2,1H3. The molecule has 0 saturated heterocycles. The largest absolute Gasteiger partial charge is 0.380 e. The number of unbranched alkanes of at least 4 members (excludes halogenated alkanes) is 1. The van der Waals surface area contributed by atoms with Crippen LogP contribution in [0.25, 0.3) is 0 Å². The highest BCUT2D eigenvalue weighted by Gasteiger charge is 2.01. The van der Waals surface area contributed by atoms with E-state index in [1.807, 2.05) is 24.7 Å². The average molecular weight is 287 g/mol. The summed E-state index contributed by atoms with van der Waals surface area (Å²) in [4.78, 5) is 8.53. The maximum Gasteiger partial charge on any atom is 0.108 e. The van der Waals surface area contributed by atoms with Crippen molar-refractivity contribution in [2.24, 2.45) is 0 Å². The van der Waals surface area contributed by atoms with Crippen molar-refractivity contribution in [2.45, 2.75) is 45.6 Å². The number of imidazole rings is 1. The van der Waals surface area contributed by atoms with Gasteiger partial charge in [-0.1, -0.05) is 19.4 Å². The molecule has 0 atom stereocenters. The van der Waals surface area contributed by atoms with E-state index in [2.05, 4.69) is 27.5 Å². The smallest absolute Gasteiger partial charge is 0.108 e. The Morgan fingerprint density at radius 2 is 2.10 bits per heavy atom. The monoisotopic (exact) mass is 287 g/mol. The summed E-state index contributed by atoms with van der Waals surface area (Å²) in [5, 5.41) is 0. The number of hydrogen-bond acceptors (Lipinski definition) is 3. The Balaban J connectivity index is 1.58. The molecule has 0 unspecified atom stereocenters. The molecule has 0 radical (unpaired) electrons. The van der Waals surface area contributed by atoms with Crippen LogP contribution in [0.3, 0.4) is 0 Å². The topological polar surface area (TPSA) is 39.9 Å². The van der Waals surface area contributed by atoms with Crippen molar-refractivity contribution in [2.75, 3.05) is 13.2 Å². The summed E-state index contributed by atoms with van der Waals surface area (Å²) in [5.41, 5.74) is 1.28. The van der Waals surface area contributed by atoms with E-state index in [1.54, 1.807) is 6.20 Å². The minimum Gasteiger partial charge on any atom is -0.380 e. The van der Waals surface area contributed by atoms with Crippen molar-refractivity contribution in [3.63, 3.8) is 0 Å². The third-order valence-electron chi connectivity index (χ3n) is 3.51. The second-order valence-electron chi connectivity index (χ2n) is 5.22. The van der Waals surface area contributed by atoms with Gasteiger partial charge in [-0.2, -0.15) is 0 Å². The molecule has 21 heavy (non-hydrogen) atoms. The van der Waals surface area contributed by atoms with Gasteiger partial charge in [0.2, 0.25) is 0 Å². The first-order valence-electron chi connectivity index (χ1n) is 7.87. The van der Waals surface area contributed by atoms with Gasteiger partial charge >= 0.3 is 0 Å². The summed E-state index contributed by atoms with van der Waals surface area (Å²) >= 11 is 0. The van der Waals surface area contributed by atoms with Gasteiger partial charge in [0, 0.05) is 44.4 Å². The van der Waals surface area contributed by atoms with Crippen LogP contribution < -0.4 is 0 Å². The summed E-state index contributed by atoms with van der Waals surface area (Å²) in [7, 11) is 0. The molecule has 4 heteroatoms. The van der Waals surface area contributed by atoms with Crippen LogP contribution >= 0.6 is 0 Å². The van der Waals surface area contributed by atoms with E-state index in [-0.39, 0.29) is 0 Å². The van der Waals surface area contributed by atoms with Gasteiger partial charge in [0.15, 0.2) is 0 Å². The lowest BCUT2D eigenvalue weighted by atomic mass is 10.2. The molecule has 0 fully saturated rings. The quantitative estimate of drug-likeness (QED) is 0.630. The molecule has 0 aromatic carbocycles. The van der Waals surface area contributed by atoms with Crippen LogP contribution in [0.4, 0.5) is 0 Å². The van der Waals surface area contributed by atoms with Gasteiger partial charge in [-0.25, -0.2) is 4.98 Å². The highest BCUT2D eigenvalue weighted by atomic mass is 16.5. The summed E-state index contributed by atoms with van der Waals surface area (Å²) in [6.45, 7) is 4.65. The van der Waals surface area contributed by atoms with Crippen LogP contribution in [0.15, 0.2) is 36.9 Å². The van der Waals surface area contributed by atoms with Gasteiger partial charge in [-0.3, -0.25) is 4.98 Å². The SMILES string of the molecule is CCCCc1nccn1CCOCCCc1cccnc1. The summed E-state index contributed by atoms with van der Waals surface area (Å²) in [6, 6.07) is 4.09. The summed E-state index contributed by atoms with van der Waals surface area (Å²) in [5.74, 6) is 1.18. The first-order chi connectivity index (χ1) is 10.4. The molecular weight excluding hydrogens is 262 g/mol. The van der Waals surface area contributed by atoms with Gasteiger partial charge in [-0.05, 0) is 30.9 Å². The Kier molecular flexibility index (Phi) is 6.95. The van der Waals surface area contributed by atoms with Crippen LogP contribution in [0, 0.1) is 0 Å². The lowest BCUT2D eigenvalue weighted by Gasteiger charge is -2.08. The number of aromatic nitrogens is 3. The maximum absolute atomic E-state index is 5.72. The van der Waals surface area contributed by atoms with E-state index < -0.39 is 0 Å². The molecule has 4 nitrogen and oxygen atoms in total. The third-order valence-corrected chi connectivity index (χ3v) is 3.51. The van der Waals surface area contributed by atoms with E-state index in [0.717, 1.165) is 39.0 Å². The van der Waals surface area contributed by atoms with Crippen molar-refractivity contribution in [1.82, 2.24) is 14.5 Å². The first-order valence-corrected chi connectivity index (χ1v) is 7.87. The maximum atomic E-state index is 5.72. The Hall–Kier alpha value is -1.68. The molecule has 0 saturated carbocycles. The molecule has 114 valence electrons. The molecule has 2 aromatic rings. The molecular formula is C17H25N3O. The van der Waals surface area contributed by atoms with Crippen molar-refractivity contribution < 1.29 is 4.74 Å². The van der Waals surface area contributed by atoms with Crippen LogP contribution in [0.5, 0.6) is 0 Å². The molecule has 2 heterocycles. The molecule has 0 spiro atoms. The van der Waals surface area contributed by atoms with Crippen molar-refractivity contribution in [3.05, 3.63) is 48.3 Å². The van der Waals surface area contributed by atoms with E-state index in [9.17, 15) is 0 Å². The number of nitrogens with zero attached hydrogens (tertiary/aromatic N) is 3. The van der Waals surface area contributed by atoms with Gasteiger partial charge in [-0.15, -0.1) is 0 Å². The van der Waals surface area contributed by atoms with Gasteiger partial charge in [0.05, 0.1) is 6.61 Å². The Morgan fingerprint density at radius 3 is 2.90 bits per heavy atom.